The monoisotopic (exact) mass is 232 g/mol. The molecule has 0 saturated carbocycles. The molecule has 3 nitrogen and oxygen atoms in total. The van der Waals surface area contributed by atoms with Crippen molar-refractivity contribution in [2.75, 3.05) is 13.7 Å². The van der Waals surface area contributed by atoms with Gasteiger partial charge in [0.25, 0.3) is 0 Å². The predicted molar refractivity (Wildman–Crippen MR) is 47.2 cm³/mol. The number of hydrogen-bond acceptors (Lipinski definition) is 3. The van der Waals surface area contributed by atoms with Crippen molar-refractivity contribution in [3.63, 3.8) is 0 Å². The Morgan fingerprint density at radius 2 is 2.50 bits per heavy atom. The Morgan fingerprint density at radius 3 is 3.00 bits per heavy atom. The number of halogens is 1. The van der Waals surface area contributed by atoms with Crippen LogP contribution >= 0.6 is 15.9 Å². The zero-order valence-corrected chi connectivity index (χ0v) is 8.26. The molecule has 1 heterocycles. The molecular weight excluding hydrogens is 224 g/mol. The van der Waals surface area contributed by atoms with Crippen LogP contribution in [0.4, 0.5) is 0 Å². The molecule has 0 atom stereocenters. The lowest BCUT2D eigenvalue weighted by Gasteiger charge is -1.96. The summed E-state index contributed by atoms with van der Waals surface area (Å²) in [7, 11) is 1.56. The van der Waals surface area contributed by atoms with E-state index >= 15 is 0 Å². The van der Waals surface area contributed by atoms with Gasteiger partial charge in [-0.1, -0.05) is 0 Å². The van der Waals surface area contributed by atoms with Crippen LogP contribution < -0.4 is 0 Å². The molecule has 0 spiro atoms. The first-order valence-electron chi connectivity index (χ1n) is 3.51. The minimum Gasteiger partial charge on any atom is -0.460 e. The minimum absolute atomic E-state index is 0.0475. The van der Waals surface area contributed by atoms with Gasteiger partial charge < -0.3 is 9.15 Å². The van der Waals surface area contributed by atoms with Gasteiger partial charge in [-0.2, -0.15) is 0 Å². The van der Waals surface area contributed by atoms with Gasteiger partial charge in [-0.15, -0.1) is 0 Å². The van der Waals surface area contributed by atoms with Crippen LogP contribution in [0, 0.1) is 0 Å². The van der Waals surface area contributed by atoms with Crippen LogP contribution in [0.5, 0.6) is 0 Å². The normalized spacial score (nSPS) is 10.2. The van der Waals surface area contributed by atoms with Crippen molar-refractivity contribution in [3.8, 4) is 0 Å². The molecule has 4 heteroatoms. The summed E-state index contributed by atoms with van der Waals surface area (Å²) in [5.74, 6) is 0.320. The highest BCUT2D eigenvalue weighted by atomic mass is 79.9. The topological polar surface area (TPSA) is 39.4 Å². The van der Waals surface area contributed by atoms with Gasteiger partial charge in [-0.05, 0) is 22.0 Å². The summed E-state index contributed by atoms with van der Waals surface area (Å²) in [6.07, 6.45) is 1.83. The molecule has 0 fully saturated rings. The van der Waals surface area contributed by atoms with Gasteiger partial charge in [0, 0.05) is 13.5 Å². The fraction of sp³-hybridized carbons (Fsp3) is 0.375. The molecular formula is C8H9BrO3. The number of rotatable bonds is 4. The fourth-order valence-corrected chi connectivity index (χ4v) is 1.22. The Kier molecular flexibility index (Phi) is 3.49. The average Bonchev–Trinajstić information content (AvgIpc) is 2.47. The van der Waals surface area contributed by atoms with Gasteiger partial charge in [-0.3, -0.25) is 4.79 Å². The van der Waals surface area contributed by atoms with Crippen molar-refractivity contribution in [2.24, 2.45) is 0 Å². The molecule has 1 aromatic rings. The van der Waals surface area contributed by atoms with Gasteiger partial charge >= 0.3 is 0 Å². The van der Waals surface area contributed by atoms with Gasteiger partial charge in [0.05, 0.1) is 17.3 Å². The third-order valence-corrected chi connectivity index (χ3v) is 2.03. The first-order chi connectivity index (χ1) is 5.75. The molecule has 1 aromatic heterocycles. The summed E-state index contributed by atoms with van der Waals surface area (Å²) >= 11 is 3.20. The van der Waals surface area contributed by atoms with E-state index in [2.05, 4.69) is 15.9 Å². The van der Waals surface area contributed by atoms with Crippen molar-refractivity contribution < 1.29 is 13.9 Å². The second kappa shape index (κ2) is 4.42. The summed E-state index contributed by atoms with van der Waals surface area (Å²) < 4.78 is 10.4. The summed E-state index contributed by atoms with van der Waals surface area (Å²) in [4.78, 5) is 11.3. The second-order valence-corrected chi connectivity index (χ2v) is 3.12. The van der Waals surface area contributed by atoms with Crippen LogP contribution in [0.2, 0.25) is 0 Å². The second-order valence-electron chi connectivity index (χ2n) is 2.26. The van der Waals surface area contributed by atoms with Gasteiger partial charge in [0.1, 0.15) is 0 Å². The molecule has 0 N–H and O–H groups in total. The van der Waals surface area contributed by atoms with E-state index in [1.54, 1.807) is 13.2 Å². The van der Waals surface area contributed by atoms with Crippen molar-refractivity contribution in [2.45, 2.75) is 6.42 Å². The summed E-state index contributed by atoms with van der Waals surface area (Å²) in [5, 5.41) is 0. The highest BCUT2D eigenvalue weighted by Crippen LogP contribution is 2.18. The van der Waals surface area contributed by atoms with Crippen molar-refractivity contribution in [1.29, 1.82) is 0 Å². The lowest BCUT2D eigenvalue weighted by Crippen LogP contribution is -2.02. The third-order valence-electron chi connectivity index (χ3n) is 1.40. The van der Waals surface area contributed by atoms with Gasteiger partial charge in [-0.25, -0.2) is 0 Å². The molecule has 1 rings (SSSR count). The van der Waals surface area contributed by atoms with Gasteiger partial charge in [0.2, 0.25) is 5.78 Å². The van der Waals surface area contributed by atoms with E-state index in [1.807, 2.05) is 0 Å². The number of furan rings is 1. The smallest absolute Gasteiger partial charge is 0.201 e. The molecule has 0 aromatic carbocycles. The molecule has 0 aliphatic carbocycles. The maximum Gasteiger partial charge on any atom is 0.201 e. The van der Waals surface area contributed by atoms with E-state index in [1.165, 1.54) is 6.26 Å². The molecule has 0 bridgehead atoms. The molecule has 0 aliphatic heterocycles. The molecule has 12 heavy (non-hydrogen) atoms. The minimum atomic E-state index is -0.0475. The third kappa shape index (κ3) is 2.19. The first-order valence-corrected chi connectivity index (χ1v) is 4.30. The standard InChI is InChI=1S/C8H9BrO3/c1-11-4-3-7(10)8-6(9)2-5-12-8/h2,5H,3-4H2,1H3. The van der Waals surface area contributed by atoms with Crippen molar-refractivity contribution in [3.05, 3.63) is 22.6 Å². The average molecular weight is 233 g/mol. The van der Waals surface area contributed by atoms with Crippen LogP contribution in [-0.2, 0) is 4.74 Å². The Balaban J connectivity index is 2.59. The summed E-state index contributed by atoms with van der Waals surface area (Å²) in [5.41, 5.74) is 0. The number of carbonyl (C=O) groups is 1. The Bertz CT molecular complexity index is 267. The molecule has 0 amide bonds. The van der Waals surface area contributed by atoms with Crippen LogP contribution in [0.15, 0.2) is 21.2 Å². The molecule has 0 radical (unpaired) electrons. The van der Waals surface area contributed by atoms with E-state index in [0.717, 1.165) is 0 Å². The predicted octanol–water partition coefficient (Wildman–Crippen LogP) is 2.26. The Hall–Kier alpha value is -0.610. The number of ether oxygens (including phenoxy) is 1. The van der Waals surface area contributed by atoms with E-state index < -0.39 is 0 Å². The quantitative estimate of drug-likeness (QED) is 0.748. The van der Waals surface area contributed by atoms with E-state index in [4.69, 9.17) is 9.15 Å². The number of hydrogen-bond donors (Lipinski definition) is 0. The number of methoxy groups -OCH3 is 1. The maximum atomic E-state index is 11.3. The molecule has 66 valence electrons. The maximum absolute atomic E-state index is 11.3. The van der Waals surface area contributed by atoms with E-state index in [0.29, 0.717) is 23.3 Å². The lowest BCUT2D eigenvalue weighted by atomic mass is 10.2. The summed E-state index contributed by atoms with van der Waals surface area (Å²) in [6.45, 7) is 0.423. The van der Waals surface area contributed by atoms with E-state index in [9.17, 15) is 4.79 Å². The van der Waals surface area contributed by atoms with Crippen molar-refractivity contribution in [1.82, 2.24) is 0 Å². The fourth-order valence-electron chi connectivity index (χ4n) is 0.801. The largest absolute Gasteiger partial charge is 0.460 e. The highest BCUT2D eigenvalue weighted by Gasteiger charge is 2.12. The summed E-state index contributed by atoms with van der Waals surface area (Å²) in [6, 6.07) is 1.69. The first kappa shape index (κ1) is 9.48. The van der Waals surface area contributed by atoms with Crippen molar-refractivity contribution >= 4 is 21.7 Å². The van der Waals surface area contributed by atoms with Crippen LogP contribution in [0.1, 0.15) is 17.0 Å². The highest BCUT2D eigenvalue weighted by molar-refractivity contribution is 9.10. The Labute approximate surface area is 78.8 Å². The zero-order valence-electron chi connectivity index (χ0n) is 6.67. The van der Waals surface area contributed by atoms with Crippen LogP contribution in [0.3, 0.4) is 0 Å². The zero-order chi connectivity index (χ0) is 8.97. The Morgan fingerprint density at radius 1 is 1.75 bits per heavy atom. The molecule has 0 unspecified atom stereocenters. The van der Waals surface area contributed by atoms with Crippen LogP contribution in [-0.4, -0.2) is 19.5 Å². The molecule has 0 saturated heterocycles. The van der Waals surface area contributed by atoms with Crippen LogP contribution in [0.25, 0.3) is 0 Å². The van der Waals surface area contributed by atoms with Gasteiger partial charge in [0.15, 0.2) is 5.76 Å². The number of carbonyl (C=O) groups excluding carboxylic acids is 1. The molecule has 0 aliphatic rings. The number of ketones is 1. The lowest BCUT2D eigenvalue weighted by molar-refractivity contribution is 0.0904. The SMILES string of the molecule is COCCC(=O)c1occc1Br. The number of Topliss-reactive ketones (excluding diaryl/α,β-unsaturated/α-hetero) is 1. The van der Waals surface area contributed by atoms with E-state index in [-0.39, 0.29) is 5.78 Å².